The lowest BCUT2D eigenvalue weighted by Crippen LogP contribution is -2.03. The number of rotatable bonds is 9. The van der Waals surface area contributed by atoms with Crippen molar-refractivity contribution in [2.75, 3.05) is 13.2 Å². The molecule has 0 N–H and O–H groups in total. The fourth-order valence-corrected chi connectivity index (χ4v) is 2.42. The molecule has 0 amide bonds. The van der Waals surface area contributed by atoms with Crippen LogP contribution in [0.3, 0.4) is 0 Å². The number of non-ortho nitro benzene ring substituents is 1. The first-order valence-corrected chi connectivity index (χ1v) is 8.34. The van der Waals surface area contributed by atoms with Crippen molar-refractivity contribution in [2.45, 2.75) is 13.3 Å². The molecule has 27 heavy (non-hydrogen) atoms. The van der Waals surface area contributed by atoms with Crippen molar-refractivity contribution in [3.63, 3.8) is 0 Å². The molecule has 0 bridgehead atoms. The number of hydrogen-bond acceptors (Lipinski definition) is 5. The minimum absolute atomic E-state index is 0.0240. The number of aliphatic imine (C=N–C) groups is 1. The predicted octanol–water partition coefficient (Wildman–Crippen LogP) is 4.48. The van der Waals surface area contributed by atoms with E-state index in [0.29, 0.717) is 30.2 Å². The van der Waals surface area contributed by atoms with Crippen LogP contribution in [0.5, 0.6) is 11.5 Å². The highest BCUT2D eigenvalue weighted by Crippen LogP contribution is 2.33. The van der Waals surface area contributed by atoms with Gasteiger partial charge in [0.05, 0.1) is 17.2 Å². The molecule has 2 aromatic carbocycles. The average Bonchev–Trinajstić information content (AvgIpc) is 2.66. The fourth-order valence-electron chi connectivity index (χ4n) is 2.42. The Morgan fingerprint density at radius 3 is 2.63 bits per heavy atom. The van der Waals surface area contributed by atoms with E-state index >= 15 is 0 Å². The van der Waals surface area contributed by atoms with Crippen LogP contribution in [0.2, 0.25) is 0 Å². The zero-order valence-corrected chi connectivity index (χ0v) is 15.1. The number of ether oxygens (including phenoxy) is 2. The molecule has 0 atom stereocenters. The van der Waals surface area contributed by atoms with Crippen LogP contribution in [0.25, 0.3) is 0 Å². The smallest absolute Gasteiger partial charge is 0.269 e. The minimum atomic E-state index is -0.446. The second-order valence-corrected chi connectivity index (χ2v) is 5.46. The van der Waals surface area contributed by atoms with Crippen LogP contribution < -0.4 is 9.47 Å². The predicted molar refractivity (Wildman–Crippen MR) is 106 cm³/mol. The van der Waals surface area contributed by atoms with E-state index in [1.54, 1.807) is 24.4 Å². The fraction of sp³-hybridized carbons (Fsp3) is 0.190. The third-order valence-corrected chi connectivity index (χ3v) is 3.54. The Morgan fingerprint density at radius 1 is 1.30 bits per heavy atom. The molecule has 0 saturated heterocycles. The van der Waals surface area contributed by atoms with Gasteiger partial charge in [-0.15, -0.1) is 13.0 Å². The quantitative estimate of drug-likeness (QED) is 0.216. The zero-order valence-electron chi connectivity index (χ0n) is 15.1. The Balaban J connectivity index is 2.36. The number of terminal acetylenes is 1. The van der Waals surface area contributed by atoms with Crippen molar-refractivity contribution in [3.8, 4) is 23.8 Å². The summed E-state index contributed by atoms with van der Waals surface area (Å²) in [6.45, 7) is 6.27. The molecule has 0 fully saturated rings. The van der Waals surface area contributed by atoms with Gasteiger partial charge >= 0.3 is 0 Å². The summed E-state index contributed by atoms with van der Waals surface area (Å²) < 4.78 is 11.4. The molecule has 0 aromatic heterocycles. The number of hydrogen-bond donors (Lipinski definition) is 0. The molecule has 0 aliphatic carbocycles. The van der Waals surface area contributed by atoms with Crippen LogP contribution in [-0.2, 0) is 6.42 Å². The maximum absolute atomic E-state index is 10.7. The van der Waals surface area contributed by atoms with E-state index in [-0.39, 0.29) is 12.3 Å². The van der Waals surface area contributed by atoms with Crippen LogP contribution in [0.1, 0.15) is 18.1 Å². The van der Waals surface area contributed by atoms with Gasteiger partial charge in [-0.05, 0) is 43.2 Å². The molecule has 0 unspecified atom stereocenters. The Bertz CT molecular complexity index is 880. The van der Waals surface area contributed by atoms with Crippen molar-refractivity contribution >= 4 is 17.6 Å². The second-order valence-electron chi connectivity index (χ2n) is 5.46. The van der Waals surface area contributed by atoms with E-state index in [1.807, 2.05) is 19.1 Å². The summed E-state index contributed by atoms with van der Waals surface area (Å²) in [6, 6.07) is 9.75. The molecule has 0 aliphatic rings. The zero-order chi connectivity index (χ0) is 19.6. The molecule has 0 radical (unpaired) electrons. The number of benzene rings is 2. The first kappa shape index (κ1) is 19.7. The van der Waals surface area contributed by atoms with Gasteiger partial charge in [-0.2, -0.15) is 0 Å². The highest BCUT2D eigenvalue weighted by molar-refractivity contribution is 5.84. The van der Waals surface area contributed by atoms with Gasteiger partial charge in [-0.3, -0.25) is 15.1 Å². The van der Waals surface area contributed by atoms with Crippen molar-refractivity contribution < 1.29 is 14.4 Å². The Morgan fingerprint density at radius 2 is 2.04 bits per heavy atom. The molecule has 0 spiro atoms. The van der Waals surface area contributed by atoms with Gasteiger partial charge in [0.25, 0.3) is 5.69 Å². The first-order chi connectivity index (χ1) is 13.1. The van der Waals surface area contributed by atoms with Gasteiger partial charge in [0, 0.05) is 23.9 Å². The first-order valence-electron chi connectivity index (χ1n) is 8.34. The van der Waals surface area contributed by atoms with Gasteiger partial charge in [0.15, 0.2) is 11.5 Å². The number of nitrogens with zero attached hydrogens (tertiary/aromatic N) is 2. The number of nitro benzene ring substituents is 1. The molecule has 138 valence electrons. The molecular weight excluding hydrogens is 344 g/mol. The Hall–Kier alpha value is -3.59. The van der Waals surface area contributed by atoms with Crippen LogP contribution in [0, 0.1) is 22.5 Å². The van der Waals surface area contributed by atoms with Crippen molar-refractivity contribution in [1.82, 2.24) is 0 Å². The van der Waals surface area contributed by atoms with Crippen LogP contribution in [-0.4, -0.2) is 24.4 Å². The van der Waals surface area contributed by atoms with Crippen molar-refractivity contribution in [1.29, 1.82) is 0 Å². The van der Waals surface area contributed by atoms with Gasteiger partial charge in [-0.1, -0.05) is 12.0 Å². The third kappa shape index (κ3) is 5.44. The Kier molecular flexibility index (Phi) is 7.15. The van der Waals surface area contributed by atoms with Crippen LogP contribution >= 0.6 is 0 Å². The van der Waals surface area contributed by atoms with E-state index in [4.69, 9.17) is 15.9 Å². The van der Waals surface area contributed by atoms with Gasteiger partial charge in [0.2, 0.25) is 0 Å². The average molecular weight is 364 g/mol. The SMILES string of the molecule is C#CCOc1c(CC=C)cc(C=Nc2ccc([N+](=O)[O-])cc2)cc1OCC. The summed E-state index contributed by atoms with van der Waals surface area (Å²) in [5.41, 5.74) is 2.32. The maximum atomic E-state index is 10.7. The highest BCUT2D eigenvalue weighted by Gasteiger charge is 2.12. The summed E-state index contributed by atoms with van der Waals surface area (Å²) in [6.07, 6.45) is 9.32. The minimum Gasteiger partial charge on any atom is -0.490 e. The molecule has 2 rings (SSSR count). The van der Waals surface area contributed by atoms with Crippen LogP contribution in [0.4, 0.5) is 11.4 Å². The van der Waals surface area contributed by atoms with Gasteiger partial charge in [0.1, 0.15) is 6.61 Å². The summed E-state index contributed by atoms with van der Waals surface area (Å²) in [5.74, 6) is 3.63. The summed E-state index contributed by atoms with van der Waals surface area (Å²) in [7, 11) is 0. The standard InChI is InChI=1S/C21H20N2O4/c1-4-7-17-13-16(14-20(26-6-3)21(17)27-12-5-2)15-22-18-8-10-19(11-9-18)23(24)25/h2,4,8-11,13-15H,1,6-7,12H2,3H3. The van der Waals surface area contributed by atoms with E-state index < -0.39 is 4.92 Å². The lowest BCUT2D eigenvalue weighted by Gasteiger charge is -2.15. The maximum Gasteiger partial charge on any atom is 0.269 e. The molecule has 6 heteroatoms. The highest BCUT2D eigenvalue weighted by atomic mass is 16.6. The number of nitro groups is 1. The summed E-state index contributed by atoms with van der Waals surface area (Å²) in [5, 5.41) is 10.7. The molecule has 0 heterocycles. The van der Waals surface area contributed by atoms with E-state index in [1.165, 1.54) is 12.1 Å². The summed E-state index contributed by atoms with van der Waals surface area (Å²) in [4.78, 5) is 14.6. The van der Waals surface area contributed by atoms with Gasteiger partial charge < -0.3 is 9.47 Å². The Labute approximate surface area is 158 Å². The molecule has 0 aliphatic heterocycles. The third-order valence-electron chi connectivity index (χ3n) is 3.54. The second kappa shape index (κ2) is 9.78. The van der Waals surface area contributed by atoms with Crippen molar-refractivity contribution in [3.05, 3.63) is 70.3 Å². The monoisotopic (exact) mass is 364 g/mol. The molecule has 0 saturated carbocycles. The van der Waals surface area contributed by atoms with E-state index in [2.05, 4.69) is 17.5 Å². The molecule has 6 nitrogen and oxygen atoms in total. The van der Waals surface area contributed by atoms with Crippen molar-refractivity contribution in [2.24, 2.45) is 4.99 Å². The van der Waals surface area contributed by atoms with Gasteiger partial charge in [-0.25, -0.2) is 0 Å². The van der Waals surface area contributed by atoms with Crippen LogP contribution in [0.15, 0.2) is 54.0 Å². The normalized spacial score (nSPS) is 10.4. The topological polar surface area (TPSA) is 74.0 Å². The largest absolute Gasteiger partial charge is 0.490 e. The lowest BCUT2D eigenvalue weighted by molar-refractivity contribution is -0.384. The lowest BCUT2D eigenvalue weighted by atomic mass is 10.1. The van der Waals surface area contributed by atoms with E-state index in [9.17, 15) is 10.1 Å². The number of allylic oxidation sites excluding steroid dienone is 1. The summed E-state index contributed by atoms with van der Waals surface area (Å²) >= 11 is 0. The molecule has 2 aromatic rings. The van der Waals surface area contributed by atoms with E-state index in [0.717, 1.165) is 11.1 Å². The molecular formula is C21H20N2O4.